The van der Waals surface area contributed by atoms with Crippen LogP contribution in [-0.4, -0.2) is 18.7 Å². The van der Waals surface area contributed by atoms with Crippen LogP contribution in [0.3, 0.4) is 0 Å². The lowest BCUT2D eigenvalue weighted by Crippen LogP contribution is -2.29. The lowest BCUT2D eigenvalue weighted by Gasteiger charge is -2.18. The van der Waals surface area contributed by atoms with Gasteiger partial charge >= 0.3 is 5.97 Å². The summed E-state index contributed by atoms with van der Waals surface area (Å²) in [5, 5.41) is 0. The number of benzene rings is 1. The van der Waals surface area contributed by atoms with Gasteiger partial charge in [0.15, 0.2) is 6.10 Å². The monoisotopic (exact) mass is 414 g/mol. The van der Waals surface area contributed by atoms with Gasteiger partial charge in [0, 0.05) is 0 Å². The van der Waals surface area contributed by atoms with Crippen LogP contribution < -0.4 is 4.74 Å². The molecule has 0 fully saturated rings. The van der Waals surface area contributed by atoms with E-state index in [2.05, 4.69) is 25.1 Å². The van der Waals surface area contributed by atoms with Crippen LogP contribution in [0.15, 0.2) is 30.3 Å². The van der Waals surface area contributed by atoms with Crippen molar-refractivity contribution in [1.29, 1.82) is 0 Å². The van der Waals surface area contributed by atoms with E-state index in [9.17, 15) is 4.79 Å². The smallest absolute Gasteiger partial charge is 0.347 e. The molecule has 168 valence electrons. The number of carbonyl (C=O) groups is 1. The normalized spacial score (nSPS) is 15.6. The average molecular weight is 415 g/mol. The molecule has 1 atom stereocenters. The van der Waals surface area contributed by atoms with Gasteiger partial charge in [-0.3, -0.25) is 0 Å². The van der Waals surface area contributed by atoms with Gasteiger partial charge in [-0.15, -0.1) is 0 Å². The van der Waals surface area contributed by atoms with Crippen LogP contribution >= 0.6 is 0 Å². The summed E-state index contributed by atoms with van der Waals surface area (Å²) in [7, 11) is 0. The highest BCUT2D eigenvalue weighted by atomic mass is 16.6. The largest absolute Gasteiger partial charge is 0.479 e. The molecule has 0 heterocycles. The molecular weight excluding hydrogens is 372 g/mol. The molecular formula is C27H42O3. The second-order valence-electron chi connectivity index (χ2n) is 8.48. The fourth-order valence-electron chi connectivity index (χ4n) is 4.11. The van der Waals surface area contributed by atoms with Gasteiger partial charge in [0.25, 0.3) is 0 Å². The van der Waals surface area contributed by atoms with E-state index in [-0.39, 0.29) is 5.97 Å². The molecule has 0 aromatic heterocycles. The molecule has 3 heteroatoms. The molecule has 0 saturated heterocycles. The topological polar surface area (TPSA) is 35.5 Å². The highest BCUT2D eigenvalue weighted by Crippen LogP contribution is 2.27. The zero-order chi connectivity index (χ0) is 21.4. The molecule has 2 rings (SSSR count). The summed E-state index contributed by atoms with van der Waals surface area (Å²) in [4.78, 5) is 12.4. The van der Waals surface area contributed by atoms with E-state index in [1.807, 2.05) is 19.1 Å². The molecule has 0 saturated carbocycles. The summed E-state index contributed by atoms with van der Waals surface area (Å²) in [5.74, 6) is 0.515. The number of unbranched alkanes of at least 4 members (excludes halogenated alkanes) is 6. The Morgan fingerprint density at radius 3 is 2.33 bits per heavy atom. The third kappa shape index (κ3) is 9.36. The van der Waals surface area contributed by atoms with E-state index >= 15 is 0 Å². The summed E-state index contributed by atoms with van der Waals surface area (Å²) < 4.78 is 11.3. The third-order valence-corrected chi connectivity index (χ3v) is 5.91. The van der Waals surface area contributed by atoms with Crippen molar-refractivity contribution in [2.45, 2.75) is 110 Å². The quantitative estimate of drug-likeness (QED) is 0.243. The van der Waals surface area contributed by atoms with E-state index in [1.54, 1.807) is 0 Å². The Labute approximate surface area is 184 Å². The number of esters is 1. The van der Waals surface area contributed by atoms with Crippen molar-refractivity contribution >= 4 is 11.5 Å². The molecule has 1 aromatic carbocycles. The Bertz CT molecular complexity index is 618. The maximum Gasteiger partial charge on any atom is 0.347 e. The van der Waals surface area contributed by atoms with E-state index in [4.69, 9.17) is 9.47 Å². The second-order valence-corrected chi connectivity index (χ2v) is 8.48. The minimum atomic E-state index is -0.507. The second kappa shape index (κ2) is 15.1. The van der Waals surface area contributed by atoms with Crippen molar-refractivity contribution in [1.82, 2.24) is 0 Å². The van der Waals surface area contributed by atoms with E-state index < -0.39 is 6.10 Å². The highest BCUT2D eigenvalue weighted by Gasteiger charge is 2.21. The summed E-state index contributed by atoms with van der Waals surface area (Å²) in [6, 6.07) is 8.29. The maximum atomic E-state index is 12.4. The van der Waals surface area contributed by atoms with Crippen LogP contribution in [0.4, 0.5) is 0 Å². The molecule has 3 nitrogen and oxygen atoms in total. The van der Waals surface area contributed by atoms with E-state index in [0.717, 1.165) is 31.4 Å². The molecule has 1 aliphatic carbocycles. The first-order chi connectivity index (χ1) is 14.7. The zero-order valence-corrected chi connectivity index (χ0v) is 19.3. The maximum absolute atomic E-state index is 12.4. The Morgan fingerprint density at radius 2 is 1.60 bits per heavy atom. The number of rotatable bonds is 13. The van der Waals surface area contributed by atoms with Crippen molar-refractivity contribution in [3.05, 3.63) is 35.9 Å². The SMILES string of the molecule is CCCCCCCCCC(Oc1ccc(C2=CCCCCCC2)cc1)C(=O)OCC. The van der Waals surface area contributed by atoms with Crippen LogP contribution in [0.2, 0.25) is 0 Å². The lowest BCUT2D eigenvalue weighted by molar-refractivity contribution is -0.151. The molecule has 1 aliphatic rings. The van der Waals surface area contributed by atoms with Crippen LogP contribution in [0.25, 0.3) is 5.57 Å². The van der Waals surface area contributed by atoms with Crippen LogP contribution in [0, 0.1) is 0 Å². The first-order valence-electron chi connectivity index (χ1n) is 12.4. The molecule has 30 heavy (non-hydrogen) atoms. The van der Waals surface area contributed by atoms with Gasteiger partial charge in [0.05, 0.1) is 6.61 Å². The number of hydrogen-bond acceptors (Lipinski definition) is 3. The van der Waals surface area contributed by atoms with Crippen LogP contribution in [-0.2, 0) is 9.53 Å². The summed E-state index contributed by atoms with van der Waals surface area (Å²) >= 11 is 0. The Morgan fingerprint density at radius 1 is 0.900 bits per heavy atom. The molecule has 0 N–H and O–H groups in total. The molecule has 0 amide bonds. The number of carbonyl (C=O) groups excluding carboxylic acids is 1. The highest BCUT2D eigenvalue weighted by molar-refractivity contribution is 5.75. The van der Waals surface area contributed by atoms with Gasteiger partial charge in [0.2, 0.25) is 0 Å². The molecule has 0 aliphatic heterocycles. The Hall–Kier alpha value is -1.77. The predicted molar refractivity (Wildman–Crippen MR) is 126 cm³/mol. The molecule has 0 radical (unpaired) electrons. The summed E-state index contributed by atoms with van der Waals surface area (Å²) in [6.45, 7) is 4.48. The van der Waals surface area contributed by atoms with Gasteiger partial charge in [-0.1, -0.05) is 76.5 Å². The van der Waals surface area contributed by atoms with Crippen LogP contribution in [0.5, 0.6) is 5.75 Å². The Kier molecular flexibility index (Phi) is 12.3. The van der Waals surface area contributed by atoms with Gasteiger partial charge in [-0.05, 0) is 68.7 Å². The van der Waals surface area contributed by atoms with Crippen molar-refractivity contribution in [3.8, 4) is 5.75 Å². The van der Waals surface area contributed by atoms with E-state index in [1.165, 1.54) is 75.3 Å². The summed E-state index contributed by atoms with van der Waals surface area (Å²) in [6.07, 6.45) is 18.8. The number of hydrogen-bond donors (Lipinski definition) is 0. The minimum Gasteiger partial charge on any atom is -0.479 e. The fourth-order valence-corrected chi connectivity index (χ4v) is 4.11. The van der Waals surface area contributed by atoms with Crippen molar-refractivity contribution < 1.29 is 14.3 Å². The Balaban J connectivity index is 1.88. The number of ether oxygens (including phenoxy) is 2. The third-order valence-electron chi connectivity index (χ3n) is 5.91. The van der Waals surface area contributed by atoms with Crippen molar-refractivity contribution in [2.24, 2.45) is 0 Å². The van der Waals surface area contributed by atoms with Gasteiger partial charge in [0.1, 0.15) is 5.75 Å². The first-order valence-corrected chi connectivity index (χ1v) is 12.4. The molecule has 0 spiro atoms. The van der Waals surface area contributed by atoms with Gasteiger partial charge < -0.3 is 9.47 Å². The van der Waals surface area contributed by atoms with E-state index in [0.29, 0.717) is 6.61 Å². The van der Waals surface area contributed by atoms with Crippen molar-refractivity contribution in [2.75, 3.05) is 6.61 Å². The zero-order valence-electron chi connectivity index (χ0n) is 19.3. The lowest BCUT2D eigenvalue weighted by atomic mass is 9.95. The predicted octanol–water partition coefficient (Wildman–Crippen LogP) is 7.88. The van der Waals surface area contributed by atoms with Gasteiger partial charge in [-0.25, -0.2) is 4.79 Å². The average Bonchev–Trinajstić information content (AvgIpc) is 2.73. The van der Waals surface area contributed by atoms with Crippen LogP contribution in [0.1, 0.15) is 109 Å². The fraction of sp³-hybridized carbons (Fsp3) is 0.667. The molecule has 1 unspecified atom stereocenters. The molecule has 0 bridgehead atoms. The standard InChI is InChI=1S/C27H42O3/c1-3-5-6-7-8-12-15-18-26(27(28)29-4-2)30-25-21-19-24(20-22-25)23-16-13-10-9-11-14-17-23/h16,19-22,26H,3-15,17-18H2,1-2H3. The number of allylic oxidation sites excluding steroid dienone is 2. The minimum absolute atomic E-state index is 0.240. The molecule has 1 aromatic rings. The first kappa shape index (κ1) is 24.5. The van der Waals surface area contributed by atoms with Crippen molar-refractivity contribution in [3.63, 3.8) is 0 Å². The van der Waals surface area contributed by atoms with Gasteiger partial charge in [-0.2, -0.15) is 0 Å². The summed E-state index contributed by atoms with van der Waals surface area (Å²) in [5.41, 5.74) is 2.73.